The molecule has 2 bridgehead atoms. The smallest absolute Gasteiger partial charge is 0.265 e. The van der Waals surface area contributed by atoms with Crippen molar-refractivity contribution in [2.75, 3.05) is 13.1 Å². The molecule has 3 rings (SSSR count). The van der Waals surface area contributed by atoms with Crippen molar-refractivity contribution >= 4 is 5.91 Å². The topological polar surface area (TPSA) is 67.6 Å². The third-order valence-corrected chi connectivity index (χ3v) is 3.91. The summed E-state index contributed by atoms with van der Waals surface area (Å²) >= 11 is 0. The molecule has 2 aliphatic heterocycles. The van der Waals surface area contributed by atoms with Crippen LogP contribution in [0.25, 0.3) is 0 Å². The quantitative estimate of drug-likeness (QED) is 0.476. The molecule has 0 aromatic heterocycles. The number of amides is 1. The van der Waals surface area contributed by atoms with E-state index in [1.54, 1.807) is 0 Å². The zero-order valence-electron chi connectivity index (χ0n) is 10.8. The van der Waals surface area contributed by atoms with Gasteiger partial charge in [0.1, 0.15) is 0 Å². The zero-order valence-corrected chi connectivity index (χ0v) is 10.8. The Bertz CT molecular complexity index is 466. The van der Waals surface area contributed by atoms with Crippen LogP contribution in [0.5, 0.6) is 0 Å². The molecule has 1 aromatic rings. The predicted octanol–water partition coefficient (Wildman–Crippen LogP) is 0.653. The number of hydrogen-bond acceptors (Lipinski definition) is 4. The molecule has 1 aromatic carbocycles. The van der Waals surface area contributed by atoms with Crippen molar-refractivity contribution in [3.05, 3.63) is 35.4 Å². The van der Waals surface area contributed by atoms with Crippen LogP contribution in [0.15, 0.2) is 24.3 Å². The Morgan fingerprint density at radius 1 is 1.32 bits per heavy atom. The molecule has 3 N–H and O–H groups in total. The minimum atomic E-state index is -0.230. The lowest BCUT2D eigenvalue weighted by atomic mass is 10.1. The Morgan fingerprint density at radius 3 is 2.68 bits per heavy atom. The van der Waals surface area contributed by atoms with Crippen LogP contribution in [-0.4, -0.2) is 36.1 Å². The van der Waals surface area contributed by atoms with E-state index in [-0.39, 0.29) is 5.91 Å². The summed E-state index contributed by atoms with van der Waals surface area (Å²) in [6.45, 7) is 2.68. The number of likely N-dealkylation sites (tertiary alicyclic amines) is 1. The van der Waals surface area contributed by atoms with Crippen molar-refractivity contribution in [3.8, 4) is 0 Å². The first-order valence-electron chi connectivity index (χ1n) is 6.73. The van der Waals surface area contributed by atoms with Crippen molar-refractivity contribution in [2.24, 2.45) is 5.84 Å². The molecule has 102 valence electrons. The molecule has 5 nitrogen and oxygen atoms in total. The Hall–Kier alpha value is -1.43. The molecule has 0 radical (unpaired) electrons. The Labute approximate surface area is 112 Å². The van der Waals surface area contributed by atoms with E-state index in [0.717, 1.165) is 38.0 Å². The molecular weight excluding hydrogens is 242 g/mol. The van der Waals surface area contributed by atoms with Gasteiger partial charge in [0.05, 0.1) is 12.2 Å². The number of nitrogen functional groups attached to an aromatic ring is 1. The van der Waals surface area contributed by atoms with Gasteiger partial charge in [-0.15, -0.1) is 0 Å². The molecule has 2 saturated heterocycles. The van der Waals surface area contributed by atoms with Gasteiger partial charge >= 0.3 is 0 Å². The summed E-state index contributed by atoms with van der Waals surface area (Å²) in [7, 11) is 0. The fourth-order valence-corrected chi connectivity index (χ4v) is 3.03. The lowest BCUT2D eigenvalue weighted by molar-refractivity contribution is -0.0410. The van der Waals surface area contributed by atoms with Crippen LogP contribution in [0.1, 0.15) is 28.8 Å². The highest BCUT2D eigenvalue weighted by atomic mass is 16.5. The van der Waals surface area contributed by atoms with Crippen LogP contribution in [0.2, 0.25) is 0 Å². The molecule has 2 unspecified atom stereocenters. The number of hydrogen-bond donors (Lipinski definition) is 2. The minimum Gasteiger partial charge on any atom is -0.372 e. The number of morpholine rings is 1. The van der Waals surface area contributed by atoms with Crippen LogP contribution in [0, 0.1) is 0 Å². The summed E-state index contributed by atoms with van der Waals surface area (Å²) in [5.74, 6) is 5.00. The van der Waals surface area contributed by atoms with E-state index in [1.807, 2.05) is 24.3 Å². The normalized spacial score (nSPS) is 26.4. The maximum absolute atomic E-state index is 11.7. The Balaban J connectivity index is 1.74. The fourth-order valence-electron chi connectivity index (χ4n) is 3.03. The summed E-state index contributed by atoms with van der Waals surface area (Å²) in [6.07, 6.45) is 3.06. The SMILES string of the molecule is NNC(=O)c1ccccc1CN1CC2CCC(C1)O2. The van der Waals surface area contributed by atoms with Gasteiger partial charge in [0.15, 0.2) is 0 Å². The Kier molecular flexibility index (Phi) is 3.50. The average molecular weight is 261 g/mol. The second-order valence-electron chi connectivity index (χ2n) is 5.28. The maximum atomic E-state index is 11.7. The lowest BCUT2D eigenvalue weighted by Gasteiger charge is -2.32. The van der Waals surface area contributed by atoms with Crippen molar-refractivity contribution in [2.45, 2.75) is 31.6 Å². The van der Waals surface area contributed by atoms with Gasteiger partial charge in [-0.25, -0.2) is 5.84 Å². The molecule has 0 spiro atoms. The summed E-state index contributed by atoms with van der Waals surface area (Å²) in [6, 6.07) is 7.61. The Morgan fingerprint density at radius 2 is 2.00 bits per heavy atom. The van der Waals surface area contributed by atoms with Gasteiger partial charge in [-0.3, -0.25) is 15.1 Å². The van der Waals surface area contributed by atoms with E-state index < -0.39 is 0 Å². The molecule has 19 heavy (non-hydrogen) atoms. The highest BCUT2D eigenvalue weighted by Crippen LogP contribution is 2.27. The molecule has 2 atom stereocenters. The first kappa shape index (κ1) is 12.6. The molecule has 2 aliphatic rings. The standard InChI is InChI=1S/C14H19N3O2/c15-16-14(18)13-4-2-1-3-10(13)7-17-8-11-5-6-12(9-17)19-11/h1-4,11-12H,5-9,15H2,(H,16,18). The molecule has 5 heteroatoms. The highest BCUT2D eigenvalue weighted by Gasteiger charge is 2.33. The number of carbonyl (C=O) groups is 1. The number of nitrogens with zero attached hydrogens (tertiary/aromatic N) is 1. The molecule has 1 amide bonds. The highest BCUT2D eigenvalue weighted by molar-refractivity contribution is 5.95. The van der Waals surface area contributed by atoms with Crippen LogP contribution >= 0.6 is 0 Å². The number of carbonyl (C=O) groups excluding carboxylic acids is 1. The summed E-state index contributed by atoms with van der Waals surface area (Å²) in [5, 5.41) is 0. The van der Waals surface area contributed by atoms with E-state index in [0.29, 0.717) is 17.8 Å². The average Bonchev–Trinajstić information content (AvgIpc) is 2.78. The molecule has 2 fully saturated rings. The van der Waals surface area contributed by atoms with Gasteiger partial charge < -0.3 is 4.74 Å². The van der Waals surface area contributed by atoms with Crippen molar-refractivity contribution in [3.63, 3.8) is 0 Å². The van der Waals surface area contributed by atoms with Crippen molar-refractivity contribution < 1.29 is 9.53 Å². The number of benzene rings is 1. The van der Waals surface area contributed by atoms with Crippen molar-refractivity contribution in [1.29, 1.82) is 0 Å². The van der Waals surface area contributed by atoms with Crippen molar-refractivity contribution in [1.82, 2.24) is 10.3 Å². The predicted molar refractivity (Wildman–Crippen MR) is 71.3 cm³/mol. The number of fused-ring (bicyclic) bond motifs is 2. The molecular formula is C14H19N3O2. The molecule has 0 aliphatic carbocycles. The van der Waals surface area contributed by atoms with E-state index >= 15 is 0 Å². The zero-order chi connectivity index (χ0) is 13.2. The number of nitrogens with two attached hydrogens (primary N) is 1. The van der Waals surface area contributed by atoms with Gasteiger partial charge in [-0.05, 0) is 24.5 Å². The van der Waals surface area contributed by atoms with Gasteiger partial charge in [-0.2, -0.15) is 0 Å². The number of hydrazine groups is 1. The molecule has 0 saturated carbocycles. The number of rotatable bonds is 3. The van der Waals surface area contributed by atoms with Crippen LogP contribution in [0.3, 0.4) is 0 Å². The lowest BCUT2D eigenvalue weighted by Crippen LogP contribution is -2.42. The van der Waals surface area contributed by atoms with Crippen LogP contribution < -0.4 is 11.3 Å². The van der Waals surface area contributed by atoms with E-state index in [2.05, 4.69) is 10.3 Å². The van der Waals surface area contributed by atoms with E-state index in [9.17, 15) is 4.79 Å². The largest absolute Gasteiger partial charge is 0.372 e. The second kappa shape index (κ2) is 5.28. The third kappa shape index (κ3) is 2.63. The summed E-state index contributed by atoms with van der Waals surface area (Å²) < 4.78 is 5.82. The first-order chi connectivity index (χ1) is 9.26. The minimum absolute atomic E-state index is 0.230. The third-order valence-electron chi connectivity index (χ3n) is 3.91. The first-order valence-corrected chi connectivity index (χ1v) is 6.73. The summed E-state index contributed by atoms with van der Waals surface area (Å²) in [4.78, 5) is 14.1. The maximum Gasteiger partial charge on any atom is 0.265 e. The second-order valence-corrected chi connectivity index (χ2v) is 5.28. The number of nitrogens with one attached hydrogen (secondary N) is 1. The van der Waals surface area contributed by atoms with Gasteiger partial charge in [0.25, 0.3) is 5.91 Å². The monoisotopic (exact) mass is 261 g/mol. The van der Waals surface area contributed by atoms with Gasteiger partial charge in [-0.1, -0.05) is 18.2 Å². The van der Waals surface area contributed by atoms with E-state index in [1.165, 1.54) is 0 Å². The number of ether oxygens (including phenoxy) is 1. The van der Waals surface area contributed by atoms with Crippen LogP contribution in [0.4, 0.5) is 0 Å². The van der Waals surface area contributed by atoms with Gasteiger partial charge in [0, 0.05) is 25.2 Å². The van der Waals surface area contributed by atoms with E-state index in [4.69, 9.17) is 10.6 Å². The molecule has 2 heterocycles. The fraction of sp³-hybridized carbons (Fsp3) is 0.500. The van der Waals surface area contributed by atoms with Crippen LogP contribution in [-0.2, 0) is 11.3 Å². The summed E-state index contributed by atoms with van der Waals surface area (Å²) in [5.41, 5.74) is 3.88. The van der Waals surface area contributed by atoms with Gasteiger partial charge in [0.2, 0.25) is 0 Å².